The fraction of sp³-hybridized carbons (Fsp3) is 0.235. The van der Waals surface area contributed by atoms with Gasteiger partial charge in [-0.3, -0.25) is 5.41 Å². The van der Waals surface area contributed by atoms with Crippen molar-refractivity contribution in [2.24, 2.45) is 0 Å². The zero-order chi connectivity index (χ0) is 14.8. The number of aryl methyl sites for hydroxylation is 1. The largest absolute Gasteiger partial charge is 0.310 e. The number of para-hydroxylation sites is 2. The lowest BCUT2D eigenvalue weighted by atomic mass is 10.2. The summed E-state index contributed by atoms with van der Waals surface area (Å²) < 4.78 is 5.25. The monoisotopic (exact) mass is 423 g/mol. The molecule has 0 radical (unpaired) electrons. The van der Waals surface area contributed by atoms with Gasteiger partial charge in [0.2, 0.25) is 5.62 Å². The van der Waals surface area contributed by atoms with E-state index in [1.807, 2.05) is 30.3 Å². The summed E-state index contributed by atoms with van der Waals surface area (Å²) in [5, 5.41) is 8.51. The SMILES string of the molecule is Br.CCCn1c(=N)n(Cc2ccccc2Br)c2ccccc21. The van der Waals surface area contributed by atoms with Crippen LogP contribution in [0.4, 0.5) is 0 Å². The first-order chi connectivity index (χ1) is 10.2. The van der Waals surface area contributed by atoms with Crippen molar-refractivity contribution in [3.8, 4) is 0 Å². The summed E-state index contributed by atoms with van der Waals surface area (Å²) in [6, 6.07) is 16.5. The van der Waals surface area contributed by atoms with Crippen LogP contribution in [0.2, 0.25) is 0 Å². The molecule has 0 spiro atoms. The molecular formula is C17H19Br2N3. The number of nitrogens with zero attached hydrogens (tertiary/aromatic N) is 2. The molecule has 0 aliphatic carbocycles. The van der Waals surface area contributed by atoms with E-state index in [9.17, 15) is 0 Å². The molecule has 0 bridgehead atoms. The standard InChI is InChI=1S/C17H18BrN3.BrH/c1-2-11-20-15-9-5-6-10-16(15)21(17(20)19)12-13-7-3-4-8-14(13)18;/h3-10,19H,2,11-12H2,1H3;1H. The highest BCUT2D eigenvalue weighted by Gasteiger charge is 2.11. The van der Waals surface area contributed by atoms with Crippen molar-refractivity contribution in [3.05, 3.63) is 64.2 Å². The summed E-state index contributed by atoms with van der Waals surface area (Å²) >= 11 is 3.60. The average Bonchev–Trinajstić information content (AvgIpc) is 2.76. The van der Waals surface area contributed by atoms with Gasteiger partial charge in [0.1, 0.15) is 0 Å². The smallest absolute Gasteiger partial charge is 0.203 e. The quantitative estimate of drug-likeness (QED) is 0.628. The number of fused-ring (bicyclic) bond motifs is 1. The zero-order valence-corrected chi connectivity index (χ0v) is 15.7. The fourth-order valence-electron chi connectivity index (χ4n) is 2.70. The molecule has 0 saturated carbocycles. The third-order valence-corrected chi connectivity index (χ3v) is 4.48. The summed E-state index contributed by atoms with van der Waals surface area (Å²) in [4.78, 5) is 0. The van der Waals surface area contributed by atoms with Gasteiger partial charge in [0, 0.05) is 11.0 Å². The van der Waals surface area contributed by atoms with Crippen LogP contribution in [0.25, 0.3) is 11.0 Å². The van der Waals surface area contributed by atoms with Gasteiger partial charge in [0.25, 0.3) is 0 Å². The lowest BCUT2D eigenvalue weighted by molar-refractivity contribution is 0.612. The molecule has 3 nitrogen and oxygen atoms in total. The Morgan fingerprint density at radius 3 is 2.18 bits per heavy atom. The van der Waals surface area contributed by atoms with Crippen molar-refractivity contribution in [1.82, 2.24) is 9.13 Å². The number of hydrogen-bond acceptors (Lipinski definition) is 1. The molecule has 22 heavy (non-hydrogen) atoms. The second-order valence-electron chi connectivity index (χ2n) is 5.14. The second kappa shape index (κ2) is 7.29. The van der Waals surface area contributed by atoms with Crippen LogP contribution in [-0.4, -0.2) is 9.13 Å². The van der Waals surface area contributed by atoms with Gasteiger partial charge in [-0.1, -0.05) is 53.2 Å². The van der Waals surface area contributed by atoms with Gasteiger partial charge >= 0.3 is 0 Å². The maximum Gasteiger partial charge on any atom is 0.203 e. The molecule has 0 aliphatic rings. The molecule has 1 heterocycles. The van der Waals surface area contributed by atoms with Gasteiger partial charge in [-0.25, -0.2) is 0 Å². The van der Waals surface area contributed by atoms with E-state index in [0.29, 0.717) is 12.2 Å². The Labute approximate surface area is 149 Å². The molecule has 2 aromatic carbocycles. The number of hydrogen-bond donors (Lipinski definition) is 1. The summed E-state index contributed by atoms with van der Waals surface area (Å²) in [5.41, 5.74) is 4.01. The number of imidazole rings is 1. The Hall–Kier alpha value is -1.33. The van der Waals surface area contributed by atoms with Crippen LogP contribution < -0.4 is 5.62 Å². The van der Waals surface area contributed by atoms with Gasteiger partial charge in [-0.05, 0) is 30.2 Å². The minimum atomic E-state index is 0. The van der Waals surface area contributed by atoms with E-state index in [0.717, 1.165) is 28.5 Å². The van der Waals surface area contributed by atoms with Gasteiger partial charge in [0.15, 0.2) is 0 Å². The predicted molar refractivity (Wildman–Crippen MR) is 99.6 cm³/mol. The number of aromatic nitrogens is 2. The van der Waals surface area contributed by atoms with Crippen molar-refractivity contribution < 1.29 is 0 Å². The highest BCUT2D eigenvalue weighted by atomic mass is 79.9. The van der Waals surface area contributed by atoms with Crippen molar-refractivity contribution in [2.45, 2.75) is 26.4 Å². The Morgan fingerprint density at radius 2 is 1.55 bits per heavy atom. The molecular weight excluding hydrogens is 406 g/mol. The van der Waals surface area contributed by atoms with E-state index in [1.54, 1.807) is 0 Å². The minimum absolute atomic E-state index is 0. The molecule has 1 N–H and O–H groups in total. The first-order valence-electron chi connectivity index (χ1n) is 7.18. The number of nitrogens with one attached hydrogen (secondary N) is 1. The van der Waals surface area contributed by atoms with Crippen LogP contribution in [-0.2, 0) is 13.1 Å². The molecule has 0 fully saturated rings. The van der Waals surface area contributed by atoms with Crippen molar-refractivity contribution in [1.29, 1.82) is 5.41 Å². The van der Waals surface area contributed by atoms with Gasteiger partial charge in [0.05, 0.1) is 17.6 Å². The van der Waals surface area contributed by atoms with Crippen molar-refractivity contribution >= 4 is 43.9 Å². The zero-order valence-electron chi connectivity index (χ0n) is 12.4. The highest BCUT2D eigenvalue weighted by molar-refractivity contribution is 9.10. The molecule has 0 amide bonds. The van der Waals surface area contributed by atoms with Crippen LogP contribution in [0, 0.1) is 5.41 Å². The lowest BCUT2D eigenvalue weighted by Gasteiger charge is -2.07. The van der Waals surface area contributed by atoms with E-state index in [1.165, 1.54) is 5.56 Å². The minimum Gasteiger partial charge on any atom is -0.310 e. The van der Waals surface area contributed by atoms with E-state index >= 15 is 0 Å². The van der Waals surface area contributed by atoms with E-state index < -0.39 is 0 Å². The van der Waals surface area contributed by atoms with E-state index in [2.05, 4.69) is 50.2 Å². The first-order valence-corrected chi connectivity index (χ1v) is 7.97. The Morgan fingerprint density at radius 1 is 0.955 bits per heavy atom. The summed E-state index contributed by atoms with van der Waals surface area (Å²) in [5.74, 6) is 0. The maximum atomic E-state index is 8.51. The molecule has 0 unspecified atom stereocenters. The number of benzene rings is 2. The predicted octanol–water partition coefficient (Wildman–Crippen LogP) is 4.72. The van der Waals surface area contributed by atoms with Crippen LogP contribution in [0.15, 0.2) is 53.0 Å². The highest BCUT2D eigenvalue weighted by Crippen LogP contribution is 2.19. The third-order valence-electron chi connectivity index (χ3n) is 3.71. The van der Waals surface area contributed by atoms with E-state index in [4.69, 9.17) is 5.41 Å². The average molecular weight is 425 g/mol. The van der Waals surface area contributed by atoms with Crippen LogP contribution in [0.1, 0.15) is 18.9 Å². The summed E-state index contributed by atoms with van der Waals surface area (Å²) in [6.45, 7) is 3.73. The van der Waals surface area contributed by atoms with Crippen LogP contribution in [0.5, 0.6) is 0 Å². The van der Waals surface area contributed by atoms with Crippen LogP contribution >= 0.6 is 32.9 Å². The maximum absolute atomic E-state index is 8.51. The molecule has 0 atom stereocenters. The third kappa shape index (κ3) is 3.06. The summed E-state index contributed by atoms with van der Waals surface area (Å²) in [7, 11) is 0. The first kappa shape index (κ1) is 17.0. The second-order valence-corrected chi connectivity index (χ2v) is 6.00. The molecule has 3 aromatic rings. The molecule has 3 rings (SSSR count). The topological polar surface area (TPSA) is 33.7 Å². The molecule has 0 saturated heterocycles. The Kier molecular flexibility index (Phi) is 5.64. The summed E-state index contributed by atoms with van der Waals surface area (Å²) in [6.07, 6.45) is 1.03. The normalized spacial score (nSPS) is 10.6. The van der Waals surface area contributed by atoms with Gasteiger partial charge < -0.3 is 9.13 Å². The number of rotatable bonds is 4. The van der Waals surface area contributed by atoms with Crippen LogP contribution in [0.3, 0.4) is 0 Å². The number of halogens is 2. The Bertz CT molecular complexity index is 833. The lowest BCUT2D eigenvalue weighted by Crippen LogP contribution is -2.25. The fourth-order valence-corrected chi connectivity index (χ4v) is 3.11. The van der Waals surface area contributed by atoms with Gasteiger partial charge in [-0.15, -0.1) is 17.0 Å². The van der Waals surface area contributed by atoms with Crippen molar-refractivity contribution in [2.75, 3.05) is 0 Å². The molecule has 5 heteroatoms. The molecule has 116 valence electrons. The van der Waals surface area contributed by atoms with Gasteiger partial charge in [-0.2, -0.15) is 0 Å². The Balaban J connectivity index is 0.00000176. The molecule has 1 aromatic heterocycles. The molecule has 0 aliphatic heterocycles. The van der Waals surface area contributed by atoms with Crippen molar-refractivity contribution in [3.63, 3.8) is 0 Å². The van der Waals surface area contributed by atoms with E-state index in [-0.39, 0.29) is 17.0 Å².